The van der Waals surface area contributed by atoms with Gasteiger partial charge in [0.25, 0.3) is 5.56 Å². The Hall–Kier alpha value is -2.18. The summed E-state index contributed by atoms with van der Waals surface area (Å²) in [5, 5.41) is 1.99. The Kier molecular flexibility index (Phi) is 3.40. The van der Waals surface area contributed by atoms with Crippen LogP contribution in [0.4, 0.5) is 0 Å². The summed E-state index contributed by atoms with van der Waals surface area (Å²) in [6.45, 7) is 2.22. The smallest absolute Gasteiger partial charge is 0.255 e. The SMILES string of the molecule is O=c1[nH]c(-c2cccs2)nc2c1CN(Cc1ccco1)CC2. The molecule has 1 N–H and O–H groups in total. The number of hydrogen-bond donors (Lipinski definition) is 1. The fourth-order valence-electron chi connectivity index (χ4n) is 2.77. The van der Waals surface area contributed by atoms with Gasteiger partial charge in [0, 0.05) is 19.5 Å². The van der Waals surface area contributed by atoms with Crippen LogP contribution in [0.5, 0.6) is 0 Å². The van der Waals surface area contributed by atoms with Gasteiger partial charge in [-0.25, -0.2) is 4.98 Å². The lowest BCUT2D eigenvalue weighted by Gasteiger charge is -2.26. The van der Waals surface area contributed by atoms with Crippen molar-refractivity contribution >= 4 is 11.3 Å². The number of aromatic amines is 1. The van der Waals surface area contributed by atoms with E-state index in [1.165, 1.54) is 0 Å². The number of thiophene rings is 1. The molecule has 0 amide bonds. The number of nitrogens with one attached hydrogen (secondary N) is 1. The summed E-state index contributed by atoms with van der Waals surface area (Å²) in [6.07, 6.45) is 2.47. The van der Waals surface area contributed by atoms with Crippen molar-refractivity contribution in [3.05, 3.63) is 63.3 Å². The first kappa shape index (κ1) is 13.5. The monoisotopic (exact) mass is 313 g/mol. The average molecular weight is 313 g/mol. The fourth-order valence-corrected chi connectivity index (χ4v) is 3.44. The van der Waals surface area contributed by atoms with Crippen LogP contribution >= 0.6 is 11.3 Å². The lowest BCUT2D eigenvalue weighted by Crippen LogP contribution is -2.35. The van der Waals surface area contributed by atoms with E-state index in [1.54, 1.807) is 17.6 Å². The van der Waals surface area contributed by atoms with Gasteiger partial charge in [-0.05, 0) is 23.6 Å². The maximum atomic E-state index is 12.4. The van der Waals surface area contributed by atoms with Crippen LogP contribution in [0.25, 0.3) is 10.7 Å². The van der Waals surface area contributed by atoms with Crippen LogP contribution in [0.15, 0.2) is 45.1 Å². The zero-order chi connectivity index (χ0) is 14.9. The summed E-state index contributed by atoms with van der Waals surface area (Å²) in [7, 11) is 0. The summed E-state index contributed by atoms with van der Waals surface area (Å²) in [5.41, 5.74) is 1.67. The Labute approximate surface area is 131 Å². The van der Waals surface area contributed by atoms with Crippen LogP contribution in [0.3, 0.4) is 0 Å². The van der Waals surface area contributed by atoms with Crippen LogP contribution in [0.1, 0.15) is 17.0 Å². The van der Waals surface area contributed by atoms with Gasteiger partial charge < -0.3 is 9.40 Å². The Balaban J connectivity index is 1.61. The summed E-state index contributed by atoms with van der Waals surface area (Å²) in [6, 6.07) is 7.78. The van der Waals surface area contributed by atoms with Gasteiger partial charge in [-0.2, -0.15) is 0 Å². The molecule has 3 aromatic rings. The molecule has 0 aliphatic carbocycles. The highest BCUT2D eigenvalue weighted by atomic mass is 32.1. The molecule has 112 valence electrons. The maximum Gasteiger partial charge on any atom is 0.255 e. The van der Waals surface area contributed by atoms with Crippen molar-refractivity contribution in [1.29, 1.82) is 0 Å². The van der Waals surface area contributed by atoms with Gasteiger partial charge in [0.1, 0.15) is 5.76 Å². The molecule has 0 fully saturated rings. The van der Waals surface area contributed by atoms with Crippen molar-refractivity contribution in [3.63, 3.8) is 0 Å². The number of hydrogen-bond acceptors (Lipinski definition) is 5. The third kappa shape index (κ3) is 2.51. The molecular weight excluding hydrogens is 298 g/mol. The predicted octanol–water partition coefficient (Wildman–Crippen LogP) is 2.65. The number of rotatable bonds is 3. The standard InChI is InChI=1S/C16H15N3O2S/c20-16-12-10-19(9-11-3-1-7-21-11)6-5-13(12)17-15(18-16)14-4-2-8-22-14/h1-4,7-8H,5-6,9-10H2,(H,17,18,20). The normalized spacial score (nSPS) is 14.9. The van der Waals surface area contributed by atoms with Crippen molar-refractivity contribution in [3.8, 4) is 10.7 Å². The van der Waals surface area contributed by atoms with E-state index in [4.69, 9.17) is 4.42 Å². The Bertz CT molecular complexity index is 822. The highest BCUT2D eigenvalue weighted by Gasteiger charge is 2.22. The summed E-state index contributed by atoms with van der Waals surface area (Å²) >= 11 is 1.58. The molecule has 0 saturated heterocycles. The molecule has 0 aromatic carbocycles. The van der Waals surface area contributed by atoms with Gasteiger partial charge in [-0.3, -0.25) is 9.69 Å². The number of furan rings is 1. The average Bonchev–Trinajstić information content (AvgIpc) is 3.20. The quantitative estimate of drug-likeness (QED) is 0.807. The van der Waals surface area contributed by atoms with Crippen molar-refractivity contribution < 1.29 is 4.42 Å². The van der Waals surface area contributed by atoms with Gasteiger partial charge in [-0.15, -0.1) is 11.3 Å². The van der Waals surface area contributed by atoms with E-state index < -0.39 is 0 Å². The molecule has 4 heterocycles. The highest BCUT2D eigenvalue weighted by molar-refractivity contribution is 7.13. The van der Waals surface area contributed by atoms with E-state index in [9.17, 15) is 4.79 Å². The molecule has 0 atom stereocenters. The third-order valence-corrected chi connectivity index (χ3v) is 4.74. The van der Waals surface area contributed by atoms with Gasteiger partial charge in [0.05, 0.1) is 28.9 Å². The van der Waals surface area contributed by atoms with E-state index in [-0.39, 0.29) is 5.56 Å². The van der Waals surface area contributed by atoms with Gasteiger partial charge >= 0.3 is 0 Å². The van der Waals surface area contributed by atoms with Crippen LogP contribution < -0.4 is 5.56 Å². The second-order valence-electron chi connectivity index (χ2n) is 5.36. The first-order chi connectivity index (χ1) is 10.8. The molecule has 0 unspecified atom stereocenters. The zero-order valence-corrected chi connectivity index (χ0v) is 12.7. The van der Waals surface area contributed by atoms with Crippen molar-refractivity contribution in [2.75, 3.05) is 6.54 Å². The summed E-state index contributed by atoms with van der Waals surface area (Å²) in [4.78, 5) is 23.2. The van der Waals surface area contributed by atoms with E-state index >= 15 is 0 Å². The number of H-pyrrole nitrogens is 1. The van der Waals surface area contributed by atoms with Gasteiger partial charge in [-0.1, -0.05) is 6.07 Å². The Morgan fingerprint density at radius 3 is 3.09 bits per heavy atom. The minimum absolute atomic E-state index is 0.0301. The van der Waals surface area contributed by atoms with Gasteiger partial charge in [0.15, 0.2) is 5.82 Å². The molecule has 1 aliphatic heterocycles. The van der Waals surface area contributed by atoms with E-state index in [0.29, 0.717) is 12.4 Å². The van der Waals surface area contributed by atoms with Crippen LogP contribution in [0.2, 0.25) is 0 Å². The fraction of sp³-hybridized carbons (Fsp3) is 0.250. The maximum absolute atomic E-state index is 12.4. The van der Waals surface area contributed by atoms with Crippen molar-refractivity contribution in [1.82, 2.24) is 14.9 Å². The molecule has 6 heteroatoms. The predicted molar refractivity (Wildman–Crippen MR) is 84.7 cm³/mol. The lowest BCUT2D eigenvalue weighted by molar-refractivity contribution is 0.222. The van der Waals surface area contributed by atoms with E-state index in [1.807, 2.05) is 29.6 Å². The molecule has 0 spiro atoms. The zero-order valence-electron chi connectivity index (χ0n) is 11.9. The van der Waals surface area contributed by atoms with Crippen LogP contribution in [-0.2, 0) is 19.5 Å². The van der Waals surface area contributed by atoms with E-state index in [2.05, 4.69) is 14.9 Å². The summed E-state index contributed by atoms with van der Waals surface area (Å²) < 4.78 is 5.38. The second kappa shape index (κ2) is 5.55. The van der Waals surface area contributed by atoms with E-state index in [0.717, 1.165) is 41.4 Å². The van der Waals surface area contributed by atoms with Crippen molar-refractivity contribution in [2.45, 2.75) is 19.5 Å². The molecule has 0 saturated carbocycles. The molecular formula is C16H15N3O2S. The number of fused-ring (bicyclic) bond motifs is 1. The largest absolute Gasteiger partial charge is 0.468 e. The second-order valence-corrected chi connectivity index (χ2v) is 6.30. The third-order valence-electron chi connectivity index (χ3n) is 3.86. The Morgan fingerprint density at radius 2 is 2.32 bits per heavy atom. The Morgan fingerprint density at radius 1 is 1.36 bits per heavy atom. The molecule has 22 heavy (non-hydrogen) atoms. The van der Waals surface area contributed by atoms with Crippen molar-refractivity contribution in [2.24, 2.45) is 0 Å². The van der Waals surface area contributed by atoms with Crippen LogP contribution in [-0.4, -0.2) is 21.4 Å². The molecule has 0 radical (unpaired) electrons. The van der Waals surface area contributed by atoms with Gasteiger partial charge in [0.2, 0.25) is 0 Å². The first-order valence-corrected chi connectivity index (χ1v) is 8.08. The molecule has 5 nitrogen and oxygen atoms in total. The lowest BCUT2D eigenvalue weighted by atomic mass is 10.1. The molecule has 4 rings (SSSR count). The first-order valence-electron chi connectivity index (χ1n) is 7.20. The highest BCUT2D eigenvalue weighted by Crippen LogP contribution is 2.23. The topological polar surface area (TPSA) is 62.1 Å². The number of nitrogens with zero attached hydrogens (tertiary/aromatic N) is 2. The number of aromatic nitrogens is 2. The summed E-state index contributed by atoms with van der Waals surface area (Å²) in [5.74, 6) is 1.60. The molecule has 1 aliphatic rings. The van der Waals surface area contributed by atoms with Crippen LogP contribution in [0, 0.1) is 0 Å². The molecule has 0 bridgehead atoms. The molecule has 3 aromatic heterocycles. The minimum Gasteiger partial charge on any atom is -0.468 e. The minimum atomic E-state index is -0.0301.